The second kappa shape index (κ2) is 4.98. The van der Waals surface area contributed by atoms with E-state index < -0.39 is 5.97 Å². The molecule has 0 bridgehead atoms. The quantitative estimate of drug-likeness (QED) is 0.447. The van der Waals surface area contributed by atoms with E-state index in [9.17, 15) is 4.79 Å². The first-order chi connectivity index (χ1) is 6.63. The Morgan fingerprint density at radius 2 is 2.29 bits per heavy atom. The zero-order valence-electron chi connectivity index (χ0n) is 7.33. The summed E-state index contributed by atoms with van der Waals surface area (Å²) in [5.74, 6) is -0.434. The summed E-state index contributed by atoms with van der Waals surface area (Å²) in [5.41, 5.74) is 0.685. The van der Waals surface area contributed by atoms with Gasteiger partial charge >= 0.3 is 5.97 Å². The molecule has 0 fully saturated rings. The van der Waals surface area contributed by atoms with Crippen LogP contribution in [0.15, 0.2) is 18.3 Å². The first-order valence-electron chi connectivity index (χ1n) is 3.70. The maximum Gasteiger partial charge on any atom is 0.330 e. The summed E-state index contributed by atoms with van der Waals surface area (Å²) in [6, 6.07) is 1.61. The lowest BCUT2D eigenvalue weighted by Crippen LogP contribution is -1.93. The Balaban J connectivity index is 2.83. The molecular weight excluding hydrogens is 225 g/mol. The molecule has 1 heterocycles. The van der Waals surface area contributed by atoms with Crippen LogP contribution in [-0.2, 0) is 9.53 Å². The topological polar surface area (TPSA) is 39.2 Å². The number of pyridine rings is 1. The number of aromatic nitrogens is 1. The number of carbonyl (C=O) groups excluding carboxylic acids is 1. The Morgan fingerprint density at radius 1 is 1.57 bits per heavy atom. The first-order valence-corrected chi connectivity index (χ1v) is 4.46. The van der Waals surface area contributed by atoms with E-state index in [1.165, 1.54) is 19.4 Å². The molecule has 0 amide bonds. The van der Waals surface area contributed by atoms with Gasteiger partial charge in [0, 0.05) is 12.3 Å². The Morgan fingerprint density at radius 3 is 2.86 bits per heavy atom. The lowest BCUT2D eigenvalue weighted by atomic mass is 10.2. The van der Waals surface area contributed by atoms with Crippen molar-refractivity contribution < 1.29 is 9.53 Å². The van der Waals surface area contributed by atoms with Crippen molar-refractivity contribution in [3.63, 3.8) is 0 Å². The second-order valence-corrected chi connectivity index (χ2v) is 3.16. The third-order valence-electron chi connectivity index (χ3n) is 1.43. The van der Waals surface area contributed by atoms with Crippen LogP contribution < -0.4 is 0 Å². The molecule has 0 saturated carbocycles. The molecule has 0 aromatic carbocycles. The highest BCUT2D eigenvalue weighted by atomic mass is 35.5. The summed E-state index contributed by atoms with van der Waals surface area (Å²) in [4.78, 5) is 14.6. The van der Waals surface area contributed by atoms with Crippen LogP contribution in [0, 0.1) is 0 Å². The van der Waals surface area contributed by atoms with Gasteiger partial charge in [-0.3, -0.25) is 0 Å². The van der Waals surface area contributed by atoms with Crippen LogP contribution in [0.3, 0.4) is 0 Å². The van der Waals surface area contributed by atoms with Crippen LogP contribution in [-0.4, -0.2) is 18.1 Å². The molecule has 1 rings (SSSR count). The highest BCUT2D eigenvalue weighted by molar-refractivity contribution is 6.41. The van der Waals surface area contributed by atoms with Crippen molar-refractivity contribution in [2.75, 3.05) is 7.11 Å². The van der Waals surface area contributed by atoms with E-state index >= 15 is 0 Å². The molecule has 0 aliphatic rings. The SMILES string of the molecule is COC(=O)C=Cc1cnc(Cl)c(Cl)c1. The highest BCUT2D eigenvalue weighted by Crippen LogP contribution is 2.20. The van der Waals surface area contributed by atoms with E-state index in [0.29, 0.717) is 10.6 Å². The molecule has 0 aliphatic carbocycles. The molecule has 0 atom stereocenters. The molecule has 14 heavy (non-hydrogen) atoms. The van der Waals surface area contributed by atoms with Crippen molar-refractivity contribution in [2.24, 2.45) is 0 Å². The van der Waals surface area contributed by atoms with Crippen molar-refractivity contribution >= 4 is 35.2 Å². The number of halogens is 2. The number of ether oxygens (including phenoxy) is 1. The summed E-state index contributed by atoms with van der Waals surface area (Å²) in [6.07, 6.45) is 4.33. The van der Waals surface area contributed by atoms with Gasteiger partial charge in [-0.2, -0.15) is 0 Å². The average molecular weight is 232 g/mol. The van der Waals surface area contributed by atoms with E-state index in [1.807, 2.05) is 0 Å². The molecule has 0 spiro atoms. The zero-order valence-corrected chi connectivity index (χ0v) is 8.84. The van der Waals surface area contributed by atoms with Crippen LogP contribution in [0.5, 0.6) is 0 Å². The van der Waals surface area contributed by atoms with Gasteiger partial charge in [0.05, 0.1) is 12.1 Å². The van der Waals surface area contributed by atoms with Crippen molar-refractivity contribution in [1.82, 2.24) is 4.98 Å². The van der Waals surface area contributed by atoms with Gasteiger partial charge in [0.15, 0.2) is 0 Å². The number of esters is 1. The molecule has 0 aliphatic heterocycles. The van der Waals surface area contributed by atoms with Crippen molar-refractivity contribution in [1.29, 1.82) is 0 Å². The lowest BCUT2D eigenvalue weighted by Gasteiger charge is -1.96. The highest BCUT2D eigenvalue weighted by Gasteiger charge is 1.98. The smallest absolute Gasteiger partial charge is 0.330 e. The van der Waals surface area contributed by atoms with Crippen LogP contribution in [0.4, 0.5) is 0 Å². The van der Waals surface area contributed by atoms with Gasteiger partial charge in [0.1, 0.15) is 5.15 Å². The molecule has 0 unspecified atom stereocenters. The summed E-state index contributed by atoms with van der Waals surface area (Å²) < 4.78 is 4.42. The minimum absolute atomic E-state index is 0.238. The molecule has 5 heteroatoms. The van der Waals surface area contributed by atoms with Gasteiger partial charge < -0.3 is 4.74 Å². The van der Waals surface area contributed by atoms with Crippen molar-refractivity contribution in [3.05, 3.63) is 34.1 Å². The van der Waals surface area contributed by atoms with E-state index in [1.54, 1.807) is 12.1 Å². The minimum Gasteiger partial charge on any atom is -0.466 e. The summed E-state index contributed by atoms with van der Waals surface area (Å²) in [6.45, 7) is 0. The van der Waals surface area contributed by atoms with Crippen LogP contribution >= 0.6 is 23.2 Å². The van der Waals surface area contributed by atoms with Crippen LogP contribution in [0.2, 0.25) is 10.2 Å². The van der Waals surface area contributed by atoms with Gasteiger partial charge in [-0.05, 0) is 17.7 Å². The Bertz CT molecular complexity index is 377. The Hall–Kier alpha value is -1.06. The molecule has 0 saturated heterocycles. The average Bonchev–Trinajstić information content (AvgIpc) is 2.19. The molecule has 1 aromatic rings. The number of methoxy groups -OCH3 is 1. The predicted molar refractivity (Wildman–Crippen MR) is 55.3 cm³/mol. The van der Waals surface area contributed by atoms with E-state index in [2.05, 4.69) is 9.72 Å². The lowest BCUT2D eigenvalue weighted by molar-refractivity contribution is -0.134. The summed E-state index contributed by atoms with van der Waals surface area (Å²) in [7, 11) is 1.31. The second-order valence-electron chi connectivity index (χ2n) is 2.40. The molecule has 0 radical (unpaired) electrons. The minimum atomic E-state index is -0.434. The third kappa shape index (κ3) is 3.01. The largest absolute Gasteiger partial charge is 0.466 e. The standard InChI is InChI=1S/C9H7Cl2NO2/c1-14-8(13)3-2-6-4-7(10)9(11)12-5-6/h2-5H,1H3. The number of hydrogen-bond donors (Lipinski definition) is 0. The summed E-state index contributed by atoms with van der Waals surface area (Å²) >= 11 is 11.3. The van der Waals surface area contributed by atoms with Gasteiger partial charge in [0.25, 0.3) is 0 Å². The fourth-order valence-electron chi connectivity index (χ4n) is 0.759. The zero-order chi connectivity index (χ0) is 10.6. The van der Waals surface area contributed by atoms with Crippen LogP contribution in [0.1, 0.15) is 5.56 Å². The number of nitrogens with zero attached hydrogens (tertiary/aromatic N) is 1. The maximum absolute atomic E-state index is 10.7. The third-order valence-corrected chi connectivity index (χ3v) is 2.12. The maximum atomic E-state index is 10.7. The van der Waals surface area contributed by atoms with E-state index in [-0.39, 0.29) is 5.15 Å². The molecule has 0 N–H and O–H groups in total. The molecule has 1 aromatic heterocycles. The molecule has 74 valence electrons. The van der Waals surface area contributed by atoms with Crippen molar-refractivity contribution in [2.45, 2.75) is 0 Å². The van der Waals surface area contributed by atoms with Gasteiger partial charge in [-0.25, -0.2) is 9.78 Å². The normalized spacial score (nSPS) is 10.5. The molecular formula is C9H7Cl2NO2. The Kier molecular flexibility index (Phi) is 3.92. The number of rotatable bonds is 2. The summed E-state index contributed by atoms with van der Waals surface area (Å²) in [5, 5.41) is 0.584. The van der Waals surface area contributed by atoms with E-state index in [4.69, 9.17) is 23.2 Å². The molecule has 3 nitrogen and oxygen atoms in total. The fourth-order valence-corrected chi connectivity index (χ4v) is 1.04. The number of carbonyl (C=O) groups is 1. The van der Waals surface area contributed by atoms with Gasteiger partial charge in [-0.15, -0.1) is 0 Å². The van der Waals surface area contributed by atoms with Crippen LogP contribution in [0.25, 0.3) is 6.08 Å². The fraction of sp³-hybridized carbons (Fsp3) is 0.111. The van der Waals surface area contributed by atoms with Gasteiger partial charge in [0.2, 0.25) is 0 Å². The van der Waals surface area contributed by atoms with Gasteiger partial charge in [-0.1, -0.05) is 23.2 Å². The number of hydrogen-bond acceptors (Lipinski definition) is 3. The van der Waals surface area contributed by atoms with Crippen molar-refractivity contribution in [3.8, 4) is 0 Å². The Labute approximate surface area is 91.3 Å². The monoisotopic (exact) mass is 231 g/mol. The predicted octanol–water partition coefficient (Wildman–Crippen LogP) is 2.57. The first kappa shape index (κ1) is 11.0. The van der Waals surface area contributed by atoms with E-state index in [0.717, 1.165) is 0 Å².